The van der Waals surface area contributed by atoms with Gasteiger partial charge < -0.3 is 5.73 Å². The van der Waals surface area contributed by atoms with E-state index in [1.807, 2.05) is 44.2 Å². The molecule has 0 atom stereocenters. The molecular weight excluding hydrogens is 158 g/mol. The van der Waals surface area contributed by atoms with Crippen molar-refractivity contribution in [3.63, 3.8) is 0 Å². The number of rotatable bonds is 1. The summed E-state index contributed by atoms with van der Waals surface area (Å²) >= 11 is 0. The quantitative estimate of drug-likeness (QED) is 0.690. The monoisotopic (exact) mass is 171 g/mol. The third-order valence-electron chi connectivity index (χ3n) is 1.52. The summed E-state index contributed by atoms with van der Waals surface area (Å²) < 4.78 is 0. The second-order valence-corrected chi connectivity index (χ2v) is 3.09. The lowest BCUT2D eigenvalue weighted by molar-refractivity contribution is 0.554. The Kier molecular flexibility index (Phi) is 3.56. The van der Waals surface area contributed by atoms with E-state index in [9.17, 15) is 0 Å². The van der Waals surface area contributed by atoms with Crippen molar-refractivity contribution >= 4 is 12.4 Å². The summed E-state index contributed by atoms with van der Waals surface area (Å²) in [5, 5.41) is 0. The Hall–Kier alpha value is -0.530. The van der Waals surface area contributed by atoms with Gasteiger partial charge in [0.2, 0.25) is 0 Å². The molecule has 62 valence electrons. The van der Waals surface area contributed by atoms with Crippen molar-refractivity contribution in [2.75, 3.05) is 0 Å². The number of nitrogens with two attached hydrogens (primary N) is 1. The lowest BCUT2D eigenvalue weighted by Crippen LogP contribution is -2.28. The fourth-order valence-corrected chi connectivity index (χ4v) is 0.868. The van der Waals surface area contributed by atoms with E-state index >= 15 is 0 Å². The van der Waals surface area contributed by atoms with Gasteiger partial charge in [0.25, 0.3) is 0 Å². The Morgan fingerprint density at radius 2 is 1.55 bits per heavy atom. The summed E-state index contributed by atoms with van der Waals surface area (Å²) in [4.78, 5) is 0. The molecule has 0 fully saturated rings. The van der Waals surface area contributed by atoms with E-state index < -0.39 is 0 Å². The van der Waals surface area contributed by atoms with Gasteiger partial charge in [0.15, 0.2) is 0 Å². The molecule has 0 aliphatic heterocycles. The lowest BCUT2D eigenvalue weighted by atomic mass is 9.96. The van der Waals surface area contributed by atoms with E-state index in [1.165, 1.54) is 5.56 Å². The molecule has 2 N–H and O–H groups in total. The van der Waals surface area contributed by atoms with Crippen LogP contribution >= 0.6 is 12.4 Å². The van der Waals surface area contributed by atoms with Gasteiger partial charge in [0, 0.05) is 5.54 Å². The maximum Gasteiger partial charge on any atom is 0.0352 e. The Labute approximate surface area is 74.0 Å². The molecule has 0 aliphatic carbocycles. The third kappa shape index (κ3) is 2.91. The third-order valence-corrected chi connectivity index (χ3v) is 1.52. The molecule has 2 heteroatoms. The zero-order chi connectivity index (χ0) is 7.61. The molecule has 0 aliphatic rings. The fourth-order valence-electron chi connectivity index (χ4n) is 0.868. The van der Waals surface area contributed by atoms with Crippen LogP contribution in [-0.4, -0.2) is 0 Å². The van der Waals surface area contributed by atoms with Crippen LogP contribution in [-0.2, 0) is 5.54 Å². The van der Waals surface area contributed by atoms with Gasteiger partial charge in [-0.1, -0.05) is 30.3 Å². The highest BCUT2D eigenvalue weighted by Gasteiger charge is 2.11. The van der Waals surface area contributed by atoms with E-state index in [-0.39, 0.29) is 17.9 Å². The number of hydrogen-bond donors (Lipinski definition) is 1. The van der Waals surface area contributed by atoms with Gasteiger partial charge in [-0.25, -0.2) is 0 Å². The van der Waals surface area contributed by atoms with Gasteiger partial charge in [-0.15, -0.1) is 12.4 Å². The van der Waals surface area contributed by atoms with Crippen molar-refractivity contribution in [2.45, 2.75) is 19.4 Å². The Balaban J connectivity index is 0.000001000. The number of hydrogen-bond acceptors (Lipinski definition) is 1. The van der Waals surface area contributed by atoms with Crippen LogP contribution in [0, 0.1) is 0 Å². The van der Waals surface area contributed by atoms with Gasteiger partial charge in [0.05, 0.1) is 0 Å². The van der Waals surface area contributed by atoms with Crippen LogP contribution in [0.15, 0.2) is 30.3 Å². The summed E-state index contributed by atoms with van der Waals surface area (Å²) in [6.07, 6.45) is 0. The predicted molar refractivity (Wildman–Crippen MR) is 50.9 cm³/mol. The zero-order valence-corrected chi connectivity index (χ0v) is 7.69. The highest BCUT2D eigenvalue weighted by molar-refractivity contribution is 5.85. The lowest BCUT2D eigenvalue weighted by Gasteiger charge is -2.18. The average Bonchev–Trinajstić information content (AvgIpc) is 1.88. The van der Waals surface area contributed by atoms with Crippen LogP contribution < -0.4 is 5.73 Å². The van der Waals surface area contributed by atoms with Crippen LogP contribution in [0.25, 0.3) is 0 Å². The molecule has 0 unspecified atom stereocenters. The molecular formula is C9H14ClN. The topological polar surface area (TPSA) is 26.0 Å². The second-order valence-electron chi connectivity index (χ2n) is 3.09. The van der Waals surface area contributed by atoms with E-state index in [0.29, 0.717) is 0 Å². The standard InChI is InChI=1S/C9H13N.ClH/c1-9(2,10)8-6-4-3-5-7-8;/h3-7H,10H2,1-2H3;1H. The van der Waals surface area contributed by atoms with Crippen LogP contribution in [0.1, 0.15) is 19.4 Å². The molecule has 0 aromatic heterocycles. The van der Waals surface area contributed by atoms with Crippen molar-refractivity contribution in [2.24, 2.45) is 5.73 Å². The molecule has 0 radical (unpaired) electrons. The summed E-state index contributed by atoms with van der Waals surface area (Å²) in [7, 11) is 0. The Morgan fingerprint density at radius 3 is 1.82 bits per heavy atom. The van der Waals surface area contributed by atoms with Gasteiger partial charge in [-0.05, 0) is 19.4 Å². The maximum atomic E-state index is 5.86. The first-order chi connectivity index (χ1) is 4.61. The number of benzene rings is 1. The summed E-state index contributed by atoms with van der Waals surface area (Å²) in [5.74, 6) is 0. The maximum absolute atomic E-state index is 5.86. The smallest absolute Gasteiger partial charge is 0.0352 e. The second kappa shape index (κ2) is 3.74. The number of halogens is 1. The highest BCUT2D eigenvalue weighted by atomic mass is 35.5. The van der Waals surface area contributed by atoms with Crippen molar-refractivity contribution in [3.8, 4) is 0 Å². The molecule has 0 spiro atoms. The molecule has 1 aromatic carbocycles. The molecule has 0 amide bonds. The SMILES string of the molecule is CC(C)(N)c1ccccc1.Cl. The summed E-state index contributed by atoms with van der Waals surface area (Å²) in [6.45, 7) is 4.00. The predicted octanol–water partition coefficient (Wildman–Crippen LogP) is 2.30. The first-order valence-corrected chi connectivity index (χ1v) is 3.45. The van der Waals surface area contributed by atoms with E-state index in [4.69, 9.17) is 5.73 Å². The van der Waals surface area contributed by atoms with E-state index in [1.54, 1.807) is 0 Å². The average molecular weight is 172 g/mol. The largest absolute Gasteiger partial charge is 0.322 e. The van der Waals surface area contributed by atoms with Crippen LogP contribution in [0.4, 0.5) is 0 Å². The van der Waals surface area contributed by atoms with Gasteiger partial charge in [-0.3, -0.25) is 0 Å². The van der Waals surface area contributed by atoms with Gasteiger partial charge in [0.1, 0.15) is 0 Å². The molecule has 1 aromatic rings. The summed E-state index contributed by atoms with van der Waals surface area (Å²) in [5.41, 5.74) is 6.83. The summed E-state index contributed by atoms with van der Waals surface area (Å²) in [6, 6.07) is 10.1. The van der Waals surface area contributed by atoms with Crippen molar-refractivity contribution in [3.05, 3.63) is 35.9 Å². The molecule has 1 nitrogen and oxygen atoms in total. The van der Waals surface area contributed by atoms with Crippen molar-refractivity contribution < 1.29 is 0 Å². The van der Waals surface area contributed by atoms with Crippen molar-refractivity contribution in [1.82, 2.24) is 0 Å². The first-order valence-electron chi connectivity index (χ1n) is 3.45. The molecule has 0 saturated heterocycles. The van der Waals surface area contributed by atoms with Crippen molar-refractivity contribution in [1.29, 1.82) is 0 Å². The minimum atomic E-state index is -0.207. The molecule has 0 heterocycles. The van der Waals surface area contributed by atoms with Crippen LogP contribution in [0.5, 0.6) is 0 Å². The van der Waals surface area contributed by atoms with Gasteiger partial charge in [-0.2, -0.15) is 0 Å². The van der Waals surface area contributed by atoms with E-state index in [0.717, 1.165) is 0 Å². The minimum absolute atomic E-state index is 0. The van der Waals surface area contributed by atoms with Crippen LogP contribution in [0.3, 0.4) is 0 Å². The minimum Gasteiger partial charge on any atom is -0.322 e. The van der Waals surface area contributed by atoms with Crippen LogP contribution in [0.2, 0.25) is 0 Å². The Bertz CT molecular complexity index is 201. The molecule has 1 rings (SSSR count). The zero-order valence-electron chi connectivity index (χ0n) is 6.87. The Morgan fingerprint density at radius 1 is 1.09 bits per heavy atom. The fraction of sp³-hybridized carbons (Fsp3) is 0.333. The first kappa shape index (κ1) is 10.5. The van der Waals surface area contributed by atoms with Gasteiger partial charge >= 0.3 is 0 Å². The highest BCUT2D eigenvalue weighted by Crippen LogP contribution is 2.14. The molecule has 0 bridgehead atoms. The van der Waals surface area contributed by atoms with E-state index in [2.05, 4.69) is 0 Å². The molecule has 0 saturated carbocycles. The normalized spacial score (nSPS) is 10.5. The molecule has 11 heavy (non-hydrogen) atoms.